The molecule has 6 heteroatoms. The highest BCUT2D eigenvalue weighted by Gasteiger charge is 2.24. The molecule has 0 radical (unpaired) electrons. The maximum absolute atomic E-state index is 11.8. The maximum Gasteiger partial charge on any atom is 0.307 e. The van der Waals surface area contributed by atoms with Crippen molar-refractivity contribution in [3.05, 3.63) is 22.4 Å². The molecule has 1 amide bonds. The second kappa shape index (κ2) is 8.14. The van der Waals surface area contributed by atoms with Gasteiger partial charge in [0.15, 0.2) is 0 Å². The third-order valence-corrected chi connectivity index (χ3v) is 4.29. The standard InChI is InChI=1S/C15H21NO4S/c1-19-12-3-2-4-13(9-12)20-14(17)5-7-16-15(18)11-6-8-21-10-11/h6,8,10,12-13H,2-5,7,9H2,1H3,(H,16,18). The Morgan fingerprint density at radius 1 is 1.38 bits per heavy atom. The molecule has 0 bridgehead atoms. The number of amides is 1. The molecule has 116 valence electrons. The van der Waals surface area contributed by atoms with Crippen LogP contribution in [-0.4, -0.2) is 37.7 Å². The highest BCUT2D eigenvalue weighted by atomic mass is 32.1. The van der Waals surface area contributed by atoms with E-state index < -0.39 is 0 Å². The van der Waals surface area contributed by atoms with Gasteiger partial charge >= 0.3 is 5.97 Å². The van der Waals surface area contributed by atoms with E-state index in [-0.39, 0.29) is 30.5 Å². The second-order valence-corrected chi connectivity index (χ2v) is 5.93. The van der Waals surface area contributed by atoms with E-state index in [1.54, 1.807) is 18.6 Å². The number of carbonyl (C=O) groups excluding carboxylic acids is 2. The van der Waals surface area contributed by atoms with Crippen LogP contribution >= 0.6 is 11.3 Å². The number of hydrogen-bond donors (Lipinski definition) is 1. The largest absolute Gasteiger partial charge is 0.462 e. The molecule has 1 N–H and O–H groups in total. The molecule has 2 atom stereocenters. The molecule has 1 aliphatic rings. The molecule has 1 saturated carbocycles. The molecule has 0 aliphatic heterocycles. The quantitative estimate of drug-likeness (QED) is 0.819. The lowest BCUT2D eigenvalue weighted by Crippen LogP contribution is -2.31. The van der Waals surface area contributed by atoms with Crippen molar-refractivity contribution in [2.45, 2.75) is 44.3 Å². The summed E-state index contributed by atoms with van der Waals surface area (Å²) in [5.74, 6) is -0.413. The van der Waals surface area contributed by atoms with E-state index in [9.17, 15) is 9.59 Å². The lowest BCUT2D eigenvalue weighted by molar-refractivity contribution is -0.152. The number of methoxy groups -OCH3 is 1. The number of hydrogen-bond acceptors (Lipinski definition) is 5. The smallest absolute Gasteiger partial charge is 0.307 e. The predicted octanol–water partition coefficient (Wildman–Crippen LogP) is 2.37. The van der Waals surface area contributed by atoms with Crippen molar-refractivity contribution in [2.24, 2.45) is 0 Å². The van der Waals surface area contributed by atoms with Crippen LogP contribution in [0, 0.1) is 0 Å². The van der Waals surface area contributed by atoms with Crippen LogP contribution in [-0.2, 0) is 14.3 Å². The van der Waals surface area contributed by atoms with Gasteiger partial charge in [0.05, 0.1) is 12.5 Å². The molecule has 1 aromatic rings. The molecule has 21 heavy (non-hydrogen) atoms. The zero-order valence-electron chi connectivity index (χ0n) is 12.2. The number of ether oxygens (including phenoxy) is 2. The molecule has 0 saturated heterocycles. The Hall–Kier alpha value is -1.40. The first-order valence-corrected chi connectivity index (χ1v) is 8.16. The van der Waals surface area contributed by atoms with E-state index in [0.717, 1.165) is 25.7 Å². The van der Waals surface area contributed by atoms with Crippen LogP contribution in [0.25, 0.3) is 0 Å². The number of thiophene rings is 1. The predicted molar refractivity (Wildman–Crippen MR) is 80.4 cm³/mol. The Morgan fingerprint density at radius 3 is 2.90 bits per heavy atom. The van der Waals surface area contributed by atoms with Crippen molar-refractivity contribution >= 4 is 23.2 Å². The second-order valence-electron chi connectivity index (χ2n) is 5.15. The average molecular weight is 311 g/mol. The van der Waals surface area contributed by atoms with Gasteiger partial charge in [0.1, 0.15) is 6.10 Å². The van der Waals surface area contributed by atoms with Gasteiger partial charge in [-0.3, -0.25) is 9.59 Å². The fourth-order valence-electron chi connectivity index (χ4n) is 2.44. The lowest BCUT2D eigenvalue weighted by atomic mass is 9.95. The SMILES string of the molecule is COC1CCCC(OC(=O)CCNC(=O)c2ccsc2)C1. The Kier molecular flexibility index (Phi) is 6.20. The fraction of sp³-hybridized carbons (Fsp3) is 0.600. The number of rotatable bonds is 6. The zero-order chi connectivity index (χ0) is 15.1. The minimum Gasteiger partial charge on any atom is -0.462 e. The summed E-state index contributed by atoms with van der Waals surface area (Å²) in [6, 6.07) is 1.76. The summed E-state index contributed by atoms with van der Waals surface area (Å²) in [5.41, 5.74) is 0.628. The minimum atomic E-state index is -0.262. The summed E-state index contributed by atoms with van der Waals surface area (Å²) < 4.78 is 10.7. The fourth-order valence-corrected chi connectivity index (χ4v) is 3.08. The van der Waals surface area contributed by atoms with Crippen molar-refractivity contribution in [2.75, 3.05) is 13.7 Å². The molecule has 1 heterocycles. The normalized spacial score (nSPS) is 21.8. The van der Waals surface area contributed by atoms with Gasteiger partial charge < -0.3 is 14.8 Å². The van der Waals surface area contributed by atoms with Gasteiger partial charge in [0, 0.05) is 31.0 Å². The summed E-state index contributed by atoms with van der Waals surface area (Å²) in [7, 11) is 1.69. The van der Waals surface area contributed by atoms with Crippen LogP contribution in [0.2, 0.25) is 0 Å². The van der Waals surface area contributed by atoms with Gasteiger partial charge in [-0.15, -0.1) is 0 Å². The van der Waals surface area contributed by atoms with Crippen LogP contribution < -0.4 is 5.32 Å². The van der Waals surface area contributed by atoms with E-state index in [2.05, 4.69) is 5.32 Å². The first-order valence-electron chi connectivity index (χ1n) is 7.21. The highest BCUT2D eigenvalue weighted by molar-refractivity contribution is 7.08. The van der Waals surface area contributed by atoms with Gasteiger partial charge in [-0.1, -0.05) is 0 Å². The van der Waals surface area contributed by atoms with Crippen LogP contribution in [0.3, 0.4) is 0 Å². The third kappa shape index (κ3) is 5.13. The van der Waals surface area contributed by atoms with Gasteiger partial charge in [-0.2, -0.15) is 11.3 Å². The molecule has 1 fully saturated rings. The zero-order valence-corrected chi connectivity index (χ0v) is 13.0. The number of esters is 1. The van der Waals surface area contributed by atoms with E-state index in [4.69, 9.17) is 9.47 Å². The summed E-state index contributed by atoms with van der Waals surface area (Å²) in [4.78, 5) is 23.4. The minimum absolute atomic E-state index is 0.0521. The van der Waals surface area contributed by atoms with Gasteiger partial charge in [-0.05, 0) is 30.7 Å². The van der Waals surface area contributed by atoms with Gasteiger partial charge in [-0.25, -0.2) is 0 Å². The molecule has 5 nitrogen and oxygen atoms in total. The Balaban J connectivity index is 1.64. The number of nitrogens with one attached hydrogen (secondary N) is 1. The lowest BCUT2D eigenvalue weighted by Gasteiger charge is -2.27. The van der Waals surface area contributed by atoms with E-state index in [1.165, 1.54) is 11.3 Å². The van der Waals surface area contributed by atoms with Gasteiger partial charge in [0.2, 0.25) is 0 Å². The number of carbonyl (C=O) groups is 2. The molecule has 2 rings (SSSR count). The summed E-state index contributed by atoms with van der Waals surface area (Å²) >= 11 is 1.47. The van der Waals surface area contributed by atoms with Crippen LogP contribution in [0.1, 0.15) is 42.5 Å². The molecule has 2 unspecified atom stereocenters. The topological polar surface area (TPSA) is 64.6 Å². The maximum atomic E-state index is 11.8. The molecular weight excluding hydrogens is 290 g/mol. The van der Waals surface area contributed by atoms with Crippen molar-refractivity contribution in [1.82, 2.24) is 5.32 Å². The van der Waals surface area contributed by atoms with Crippen molar-refractivity contribution in [3.8, 4) is 0 Å². The van der Waals surface area contributed by atoms with Crippen LogP contribution in [0.15, 0.2) is 16.8 Å². The van der Waals surface area contributed by atoms with E-state index in [0.29, 0.717) is 12.1 Å². The van der Waals surface area contributed by atoms with Crippen molar-refractivity contribution in [1.29, 1.82) is 0 Å². The molecular formula is C15H21NO4S. The van der Waals surface area contributed by atoms with Crippen LogP contribution in [0.4, 0.5) is 0 Å². The molecule has 0 aromatic carbocycles. The molecule has 0 spiro atoms. The third-order valence-electron chi connectivity index (χ3n) is 3.61. The monoisotopic (exact) mass is 311 g/mol. The average Bonchev–Trinajstić information content (AvgIpc) is 3.01. The Bertz CT molecular complexity index is 460. The highest BCUT2D eigenvalue weighted by Crippen LogP contribution is 2.23. The Morgan fingerprint density at radius 2 is 2.19 bits per heavy atom. The molecule has 1 aliphatic carbocycles. The summed E-state index contributed by atoms with van der Waals surface area (Å²) in [6.07, 6.45) is 4.05. The van der Waals surface area contributed by atoms with Crippen molar-refractivity contribution < 1.29 is 19.1 Å². The summed E-state index contributed by atoms with van der Waals surface area (Å²) in [6.45, 7) is 0.300. The van der Waals surface area contributed by atoms with Crippen LogP contribution in [0.5, 0.6) is 0 Å². The summed E-state index contributed by atoms with van der Waals surface area (Å²) in [5, 5.41) is 6.34. The van der Waals surface area contributed by atoms with Crippen molar-refractivity contribution in [3.63, 3.8) is 0 Å². The molecule has 1 aromatic heterocycles. The first-order chi connectivity index (χ1) is 10.2. The van der Waals surface area contributed by atoms with Gasteiger partial charge in [0.25, 0.3) is 5.91 Å². The Labute approximate surface area is 128 Å². The van der Waals surface area contributed by atoms with E-state index >= 15 is 0 Å². The first kappa shape index (κ1) is 16.0. The van der Waals surface area contributed by atoms with E-state index in [1.807, 2.05) is 5.38 Å².